The first-order valence-corrected chi connectivity index (χ1v) is 6.55. The van der Waals surface area contributed by atoms with Crippen LogP contribution in [0.5, 0.6) is 11.5 Å². The molecule has 0 bridgehead atoms. The van der Waals surface area contributed by atoms with Gasteiger partial charge in [0.05, 0.1) is 11.2 Å². The second kappa shape index (κ2) is 3.57. The van der Waals surface area contributed by atoms with Gasteiger partial charge in [-0.05, 0) is 12.5 Å². The maximum atomic E-state index is 6.29. The Morgan fingerprint density at radius 2 is 1.95 bits per heavy atom. The predicted octanol–water partition coefficient (Wildman–Crippen LogP) is 2.96. The van der Waals surface area contributed by atoms with Gasteiger partial charge in [-0.2, -0.15) is 5.10 Å². The largest absolute Gasteiger partial charge is 0.448 e. The summed E-state index contributed by atoms with van der Waals surface area (Å²) < 4.78 is 11.8. The third-order valence-corrected chi connectivity index (χ3v) is 4.01. The minimum Gasteiger partial charge on any atom is -0.448 e. The Balaban J connectivity index is 1.80. The summed E-state index contributed by atoms with van der Waals surface area (Å²) in [6.45, 7) is 0. The lowest BCUT2D eigenvalue weighted by Gasteiger charge is -2.35. The van der Waals surface area contributed by atoms with E-state index in [1.165, 1.54) is 0 Å². The average molecular weight is 278 g/mol. The van der Waals surface area contributed by atoms with Crippen LogP contribution in [0.4, 0.5) is 5.82 Å². The van der Waals surface area contributed by atoms with Crippen LogP contribution in [0, 0.1) is 0 Å². The molecule has 0 saturated heterocycles. The molecule has 1 aromatic carbocycles. The van der Waals surface area contributed by atoms with E-state index in [-0.39, 0.29) is 0 Å². The van der Waals surface area contributed by atoms with Crippen LogP contribution in [0.3, 0.4) is 0 Å². The van der Waals surface area contributed by atoms with Crippen molar-refractivity contribution >= 4 is 17.4 Å². The number of benzene rings is 1. The molecule has 0 amide bonds. The van der Waals surface area contributed by atoms with Gasteiger partial charge in [0.1, 0.15) is 5.82 Å². The van der Waals surface area contributed by atoms with E-state index in [1.54, 1.807) is 12.3 Å². The standard InChI is InChI=1S/C13H12ClN3O2/c14-9-5-11-10(18-13(19-11)2-1-3-13)4-7(9)8-6-16-17-12(8)15/h4-6H,1-3H2,(H3,15,16,17). The number of H-pyrrole nitrogens is 1. The Kier molecular flexibility index (Phi) is 2.07. The van der Waals surface area contributed by atoms with E-state index < -0.39 is 5.79 Å². The summed E-state index contributed by atoms with van der Waals surface area (Å²) in [7, 11) is 0. The van der Waals surface area contributed by atoms with Crippen molar-refractivity contribution in [2.24, 2.45) is 0 Å². The van der Waals surface area contributed by atoms with Gasteiger partial charge in [0.15, 0.2) is 11.5 Å². The SMILES string of the molecule is Nc1[nH]ncc1-c1cc2c(cc1Cl)OC1(CCC1)O2. The van der Waals surface area contributed by atoms with E-state index in [4.69, 9.17) is 26.8 Å². The van der Waals surface area contributed by atoms with E-state index in [0.29, 0.717) is 16.6 Å². The summed E-state index contributed by atoms with van der Waals surface area (Å²) in [5.74, 6) is 1.46. The van der Waals surface area contributed by atoms with Crippen molar-refractivity contribution < 1.29 is 9.47 Å². The van der Waals surface area contributed by atoms with Crippen molar-refractivity contribution in [3.05, 3.63) is 23.4 Å². The molecular formula is C13H12ClN3O2. The van der Waals surface area contributed by atoms with Crippen molar-refractivity contribution in [3.8, 4) is 22.6 Å². The number of anilines is 1. The molecule has 19 heavy (non-hydrogen) atoms. The van der Waals surface area contributed by atoms with Gasteiger partial charge in [-0.25, -0.2) is 0 Å². The molecule has 2 aliphatic rings. The van der Waals surface area contributed by atoms with Gasteiger partial charge >= 0.3 is 0 Å². The second-order valence-electron chi connectivity index (χ2n) is 4.94. The van der Waals surface area contributed by atoms with Crippen LogP contribution in [0.25, 0.3) is 11.1 Å². The maximum Gasteiger partial charge on any atom is 0.251 e. The molecule has 4 rings (SSSR count). The van der Waals surface area contributed by atoms with Crippen molar-refractivity contribution in [1.29, 1.82) is 0 Å². The van der Waals surface area contributed by atoms with E-state index in [1.807, 2.05) is 6.07 Å². The number of rotatable bonds is 1. The Morgan fingerprint density at radius 1 is 1.21 bits per heavy atom. The highest BCUT2D eigenvalue weighted by Crippen LogP contribution is 2.51. The molecule has 1 saturated carbocycles. The molecule has 2 heterocycles. The van der Waals surface area contributed by atoms with E-state index in [2.05, 4.69) is 10.2 Å². The Labute approximate surface area is 114 Å². The quantitative estimate of drug-likeness (QED) is 0.840. The maximum absolute atomic E-state index is 6.29. The van der Waals surface area contributed by atoms with Crippen LogP contribution < -0.4 is 15.2 Å². The van der Waals surface area contributed by atoms with Crippen LogP contribution in [0.2, 0.25) is 5.02 Å². The fraction of sp³-hybridized carbons (Fsp3) is 0.308. The minimum atomic E-state index is -0.452. The predicted molar refractivity (Wildman–Crippen MR) is 71.3 cm³/mol. The van der Waals surface area contributed by atoms with Crippen LogP contribution in [0.1, 0.15) is 19.3 Å². The van der Waals surface area contributed by atoms with Crippen LogP contribution in [-0.4, -0.2) is 16.0 Å². The first-order chi connectivity index (χ1) is 9.17. The Morgan fingerprint density at radius 3 is 2.53 bits per heavy atom. The van der Waals surface area contributed by atoms with Gasteiger partial charge in [0.2, 0.25) is 0 Å². The summed E-state index contributed by atoms with van der Waals surface area (Å²) in [4.78, 5) is 0. The molecule has 6 heteroatoms. The summed E-state index contributed by atoms with van der Waals surface area (Å²) >= 11 is 6.29. The fourth-order valence-electron chi connectivity index (χ4n) is 2.50. The molecule has 3 N–H and O–H groups in total. The highest BCUT2D eigenvalue weighted by molar-refractivity contribution is 6.33. The molecule has 0 radical (unpaired) electrons. The number of nitrogens with two attached hydrogens (primary N) is 1. The van der Waals surface area contributed by atoms with E-state index >= 15 is 0 Å². The molecule has 1 aliphatic carbocycles. The third-order valence-electron chi connectivity index (χ3n) is 3.70. The number of fused-ring (bicyclic) bond motifs is 1. The first kappa shape index (κ1) is 11.0. The third kappa shape index (κ3) is 1.51. The Hall–Kier alpha value is -1.88. The average Bonchev–Trinajstić information content (AvgIpc) is 2.90. The molecule has 2 aromatic rings. The number of nitrogens with one attached hydrogen (secondary N) is 1. The van der Waals surface area contributed by atoms with Crippen LogP contribution >= 0.6 is 11.6 Å². The van der Waals surface area contributed by atoms with Crippen molar-refractivity contribution in [3.63, 3.8) is 0 Å². The summed E-state index contributed by atoms with van der Waals surface area (Å²) in [6, 6.07) is 3.65. The number of nitrogen functional groups attached to an aromatic ring is 1. The zero-order valence-corrected chi connectivity index (χ0v) is 10.8. The van der Waals surface area contributed by atoms with Crippen molar-refractivity contribution in [1.82, 2.24) is 10.2 Å². The van der Waals surface area contributed by atoms with Gasteiger partial charge < -0.3 is 15.2 Å². The van der Waals surface area contributed by atoms with Gasteiger partial charge in [-0.15, -0.1) is 0 Å². The summed E-state index contributed by atoms with van der Waals surface area (Å²) in [5.41, 5.74) is 7.40. The number of aromatic amines is 1. The molecule has 1 fully saturated rings. The second-order valence-corrected chi connectivity index (χ2v) is 5.35. The first-order valence-electron chi connectivity index (χ1n) is 6.18. The minimum absolute atomic E-state index is 0.452. The lowest BCUT2D eigenvalue weighted by molar-refractivity contribution is -0.138. The number of hydrogen-bond acceptors (Lipinski definition) is 4. The van der Waals surface area contributed by atoms with Gasteiger partial charge in [0, 0.05) is 30.0 Å². The monoisotopic (exact) mass is 277 g/mol. The molecule has 0 unspecified atom stereocenters. The van der Waals surface area contributed by atoms with E-state index in [9.17, 15) is 0 Å². The number of hydrogen-bond donors (Lipinski definition) is 2. The lowest BCUT2D eigenvalue weighted by Crippen LogP contribution is -2.45. The molecule has 98 valence electrons. The molecule has 0 atom stereocenters. The summed E-state index contributed by atoms with van der Waals surface area (Å²) in [5, 5.41) is 7.18. The molecule has 1 spiro atoms. The van der Waals surface area contributed by atoms with Crippen LogP contribution in [0.15, 0.2) is 18.3 Å². The van der Waals surface area contributed by atoms with Gasteiger partial charge in [-0.3, -0.25) is 5.10 Å². The zero-order valence-electron chi connectivity index (χ0n) is 10.1. The lowest BCUT2D eigenvalue weighted by atomic mass is 9.91. The molecular weight excluding hydrogens is 266 g/mol. The van der Waals surface area contributed by atoms with Crippen molar-refractivity contribution in [2.75, 3.05) is 5.73 Å². The fourth-order valence-corrected chi connectivity index (χ4v) is 2.76. The molecule has 1 aromatic heterocycles. The number of nitrogens with zero attached hydrogens (tertiary/aromatic N) is 1. The smallest absolute Gasteiger partial charge is 0.251 e. The number of aromatic nitrogens is 2. The van der Waals surface area contributed by atoms with E-state index in [0.717, 1.165) is 36.1 Å². The zero-order chi connectivity index (χ0) is 13.0. The highest BCUT2D eigenvalue weighted by Gasteiger charge is 2.47. The topological polar surface area (TPSA) is 73.2 Å². The number of halogens is 1. The van der Waals surface area contributed by atoms with Crippen LogP contribution in [-0.2, 0) is 0 Å². The number of ether oxygens (including phenoxy) is 2. The molecule has 5 nitrogen and oxygen atoms in total. The summed E-state index contributed by atoms with van der Waals surface area (Å²) in [6.07, 6.45) is 4.62. The normalized spacial score (nSPS) is 18.6. The highest BCUT2D eigenvalue weighted by atomic mass is 35.5. The Bertz CT molecular complexity index is 664. The van der Waals surface area contributed by atoms with Gasteiger partial charge in [0.25, 0.3) is 5.79 Å². The van der Waals surface area contributed by atoms with Crippen molar-refractivity contribution in [2.45, 2.75) is 25.0 Å². The van der Waals surface area contributed by atoms with Gasteiger partial charge in [-0.1, -0.05) is 11.6 Å². The molecule has 1 aliphatic heterocycles.